The number of carboxylic acid groups (broad SMARTS) is 1. The summed E-state index contributed by atoms with van der Waals surface area (Å²) >= 11 is 1.52. The van der Waals surface area contributed by atoms with Crippen molar-refractivity contribution in [2.24, 2.45) is 5.73 Å². The van der Waals surface area contributed by atoms with Crippen LogP contribution in [0.5, 0.6) is 0 Å². The van der Waals surface area contributed by atoms with Crippen molar-refractivity contribution in [3.8, 4) is 0 Å². The fourth-order valence-electron chi connectivity index (χ4n) is 2.65. The topological polar surface area (TPSA) is 87.5 Å². The molecule has 0 saturated carbocycles. The normalized spacial score (nSPS) is 24.7. The lowest BCUT2D eigenvalue weighted by Gasteiger charge is -2.47. The first-order valence-corrected chi connectivity index (χ1v) is 7.66. The first-order valence-electron chi connectivity index (χ1n) is 6.61. The average molecular weight is 306 g/mol. The van der Waals surface area contributed by atoms with Crippen LogP contribution in [0.1, 0.15) is 5.69 Å². The van der Waals surface area contributed by atoms with E-state index < -0.39 is 12.0 Å². The summed E-state index contributed by atoms with van der Waals surface area (Å²) in [6.07, 6.45) is 1.90. The molecule has 0 bridgehead atoms. The predicted molar refractivity (Wildman–Crippen MR) is 77.1 cm³/mol. The molecule has 0 spiro atoms. The quantitative estimate of drug-likeness (QED) is 0.600. The monoisotopic (exact) mass is 306 g/mol. The van der Waals surface area contributed by atoms with Gasteiger partial charge >= 0.3 is 5.97 Å². The predicted octanol–water partition coefficient (Wildman–Crippen LogP) is -0.136. The molecule has 1 amide bonds. The van der Waals surface area contributed by atoms with Crippen molar-refractivity contribution in [2.75, 3.05) is 5.75 Å². The van der Waals surface area contributed by atoms with Gasteiger partial charge in [-0.25, -0.2) is 4.79 Å². The maximum atomic E-state index is 11.9. The van der Waals surface area contributed by atoms with Gasteiger partial charge in [-0.15, -0.1) is 11.8 Å². The molecule has 1 aromatic heterocycles. The Bertz CT molecular complexity index is 659. The van der Waals surface area contributed by atoms with Crippen molar-refractivity contribution in [1.29, 1.82) is 0 Å². The Balaban J connectivity index is 1.97. The van der Waals surface area contributed by atoms with Crippen LogP contribution in [0.2, 0.25) is 0 Å². The lowest BCUT2D eigenvalue weighted by molar-refractivity contribution is -0.695. The highest BCUT2D eigenvalue weighted by molar-refractivity contribution is 8.00. The molecule has 3 rings (SSSR count). The zero-order chi connectivity index (χ0) is 15.1. The molecule has 2 aliphatic heterocycles. The molecule has 1 fully saturated rings. The molecular formula is C14H16N3O3S+. The Morgan fingerprint density at radius 3 is 3.00 bits per heavy atom. The molecule has 2 atom stereocenters. The number of hydrogen-bond acceptors (Lipinski definition) is 4. The molecule has 0 aliphatic carbocycles. The second-order valence-corrected chi connectivity index (χ2v) is 6.27. The summed E-state index contributed by atoms with van der Waals surface area (Å²) < 4.78 is 1.98. The summed E-state index contributed by atoms with van der Waals surface area (Å²) in [6.45, 7) is 2.43. The SMILES string of the molecule is Cc1cccc[n+]1CC1=C(C(=O)O)N2C(=O)C(N)C2SC1. The molecule has 0 aromatic carbocycles. The summed E-state index contributed by atoms with van der Waals surface area (Å²) in [5, 5.41) is 9.23. The zero-order valence-electron chi connectivity index (χ0n) is 11.5. The van der Waals surface area contributed by atoms with Crippen LogP contribution >= 0.6 is 11.8 Å². The fourth-order valence-corrected chi connectivity index (χ4v) is 3.93. The molecule has 0 radical (unpaired) electrons. The Labute approximate surface area is 126 Å². The number of aryl methyl sites for hydroxylation is 1. The maximum Gasteiger partial charge on any atom is 0.352 e. The van der Waals surface area contributed by atoms with E-state index in [4.69, 9.17) is 5.73 Å². The van der Waals surface area contributed by atoms with Crippen LogP contribution in [0.4, 0.5) is 0 Å². The van der Waals surface area contributed by atoms with E-state index in [1.807, 2.05) is 35.9 Å². The highest BCUT2D eigenvalue weighted by Gasteiger charge is 2.52. The summed E-state index contributed by atoms with van der Waals surface area (Å²) in [5.74, 6) is -0.799. The average Bonchev–Trinajstić information content (AvgIpc) is 2.48. The number of β-lactam (4-membered cyclic amide) rings is 1. The summed E-state index contributed by atoms with van der Waals surface area (Å²) in [7, 11) is 0. The minimum atomic E-state index is -1.07. The van der Waals surface area contributed by atoms with Gasteiger partial charge in [0.2, 0.25) is 5.91 Å². The number of carbonyl (C=O) groups excluding carboxylic acids is 1. The van der Waals surface area contributed by atoms with Gasteiger partial charge in [-0.3, -0.25) is 9.69 Å². The molecule has 3 N–H and O–H groups in total. The standard InChI is InChI=1S/C14H15N3O3S/c1-8-4-2-3-5-16(8)6-9-7-21-13-10(15)12(18)17(13)11(9)14(19)20/h2-5,10,13H,6-7,15H2,1H3/p+1. The number of carboxylic acids is 1. The number of aromatic nitrogens is 1. The van der Waals surface area contributed by atoms with Gasteiger partial charge in [-0.05, 0) is 0 Å². The number of thioether (sulfide) groups is 1. The lowest BCUT2D eigenvalue weighted by Crippen LogP contribution is -2.68. The van der Waals surface area contributed by atoms with Gasteiger partial charge in [0.05, 0.1) is 0 Å². The van der Waals surface area contributed by atoms with Gasteiger partial charge in [0, 0.05) is 30.4 Å². The van der Waals surface area contributed by atoms with E-state index in [1.165, 1.54) is 16.7 Å². The van der Waals surface area contributed by atoms with Crippen molar-refractivity contribution >= 4 is 23.6 Å². The van der Waals surface area contributed by atoms with Gasteiger partial charge in [0.15, 0.2) is 18.4 Å². The highest BCUT2D eigenvalue weighted by Crippen LogP contribution is 2.39. The molecule has 3 heterocycles. The first kappa shape index (κ1) is 14.1. The summed E-state index contributed by atoms with van der Waals surface area (Å²) in [4.78, 5) is 24.8. The van der Waals surface area contributed by atoms with Crippen LogP contribution < -0.4 is 10.3 Å². The van der Waals surface area contributed by atoms with Crippen LogP contribution in [0.3, 0.4) is 0 Å². The smallest absolute Gasteiger partial charge is 0.352 e. The Morgan fingerprint density at radius 2 is 2.33 bits per heavy atom. The van der Waals surface area contributed by atoms with E-state index in [2.05, 4.69) is 0 Å². The maximum absolute atomic E-state index is 11.9. The molecule has 21 heavy (non-hydrogen) atoms. The molecule has 1 saturated heterocycles. The van der Waals surface area contributed by atoms with E-state index in [1.54, 1.807) is 0 Å². The Hall–Kier alpha value is -1.86. The van der Waals surface area contributed by atoms with E-state index in [0.29, 0.717) is 12.3 Å². The number of carbonyl (C=O) groups is 2. The van der Waals surface area contributed by atoms with E-state index >= 15 is 0 Å². The third kappa shape index (κ3) is 2.22. The summed E-state index contributed by atoms with van der Waals surface area (Å²) in [6, 6.07) is 5.21. The number of aliphatic carboxylic acids is 1. The third-order valence-electron chi connectivity index (χ3n) is 3.82. The third-order valence-corrected chi connectivity index (χ3v) is 5.18. The number of amides is 1. The van der Waals surface area contributed by atoms with Gasteiger partial charge in [-0.2, -0.15) is 4.57 Å². The molecule has 110 valence electrons. The van der Waals surface area contributed by atoms with Crippen LogP contribution in [0.25, 0.3) is 0 Å². The Kier molecular flexibility index (Phi) is 3.46. The minimum Gasteiger partial charge on any atom is -0.477 e. The molecule has 1 aromatic rings. The summed E-state index contributed by atoms with van der Waals surface area (Å²) in [5.41, 5.74) is 7.60. The van der Waals surface area contributed by atoms with Crippen molar-refractivity contribution in [2.45, 2.75) is 24.9 Å². The second kappa shape index (κ2) is 5.16. The van der Waals surface area contributed by atoms with Crippen LogP contribution in [0, 0.1) is 6.92 Å². The highest BCUT2D eigenvalue weighted by atomic mass is 32.2. The van der Waals surface area contributed by atoms with Crippen LogP contribution in [0.15, 0.2) is 35.7 Å². The number of nitrogens with zero attached hydrogens (tertiary/aromatic N) is 2. The van der Waals surface area contributed by atoms with Gasteiger partial charge in [0.25, 0.3) is 0 Å². The fraction of sp³-hybridized carbons (Fsp3) is 0.357. The van der Waals surface area contributed by atoms with Crippen molar-refractivity contribution in [3.05, 3.63) is 41.4 Å². The Morgan fingerprint density at radius 1 is 1.57 bits per heavy atom. The largest absolute Gasteiger partial charge is 0.477 e. The number of nitrogens with two attached hydrogens (primary N) is 1. The van der Waals surface area contributed by atoms with Crippen LogP contribution in [-0.4, -0.2) is 39.1 Å². The van der Waals surface area contributed by atoms with Gasteiger partial charge < -0.3 is 10.8 Å². The van der Waals surface area contributed by atoms with Crippen molar-refractivity contribution in [1.82, 2.24) is 4.90 Å². The van der Waals surface area contributed by atoms with Gasteiger partial charge in [0.1, 0.15) is 17.1 Å². The molecule has 2 unspecified atom stereocenters. The van der Waals surface area contributed by atoms with Crippen molar-refractivity contribution < 1.29 is 19.3 Å². The zero-order valence-corrected chi connectivity index (χ0v) is 12.3. The number of rotatable bonds is 3. The van der Waals surface area contributed by atoms with Crippen molar-refractivity contribution in [3.63, 3.8) is 0 Å². The number of fused-ring (bicyclic) bond motifs is 1. The molecule has 7 heteroatoms. The minimum absolute atomic E-state index is 0.0983. The second-order valence-electron chi connectivity index (χ2n) is 5.16. The molecular weight excluding hydrogens is 290 g/mol. The van der Waals surface area contributed by atoms with Gasteiger partial charge in [-0.1, -0.05) is 6.07 Å². The van der Waals surface area contributed by atoms with E-state index in [0.717, 1.165) is 11.3 Å². The van der Waals surface area contributed by atoms with E-state index in [-0.39, 0.29) is 17.0 Å². The molecule has 6 nitrogen and oxygen atoms in total. The van der Waals surface area contributed by atoms with E-state index in [9.17, 15) is 14.7 Å². The first-order chi connectivity index (χ1) is 10.0. The van der Waals surface area contributed by atoms with Crippen LogP contribution in [-0.2, 0) is 16.1 Å². The molecule has 2 aliphatic rings. The number of hydrogen-bond donors (Lipinski definition) is 2. The lowest BCUT2D eigenvalue weighted by atomic mass is 10.0. The number of pyridine rings is 1.